The molecule has 1 N–H and O–H groups in total. The average Bonchev–Trinajstić information content (AvgIpc) is 3.49. The van der Waals surface area contributed by atoms with Gasteiger partial charge in [0.05, 0.1) is 0 Å². The van der Waals surface area contributed by atoms with Gasteiger partial charge in [0, 0.05) is 69.2 Å². The lowest BCUT2D eigenvalue weighted by atomic mass is 10.0. The molecule has 3 amide bonds. The third-order valence-electron chi connectivity index (χ3n) is 8.23. The van der Waals surface area contributed by atoms with E-state index in [1.54, 1.807) is 4.68 Å². The Balaban J connectivity index is 1.21. The number of amides is 3. The van der Waals surface area contributed by atoms with Crippen molar-refractivity contribution in [3.05, 3.63) is 46.3 Å². The van der Waals surface area contributed by atoms with Gasteiger partial charge < -0.3 is 20.0 Å². The van der Waals surface area contributed by atoms with Crippen molar-refractivity contribution in [1.82, 2.24) is 24.9 Å². The Bertz CT molecular complexity index is 1190. The van der Waals surface area contributed by atoms with Crippen LogP contribution < -0.4 is 10.2 Å². The Morgan fingerprint density at radius 1 is 0.973 bits per heavy atom. The molecule has 9 nitrogen and oxygen atoms in total. The number of nitrogens with one attached hydrogen (secondary N) is 1. The van der Waals surface area contributed by atoms with Crippen molar-refractivity contribution in [1.29, 1.82) is 0 Å². The quantitative estimate of drug-likeness (QED) is 0.671. The molecule has 1 aromatic heterocycles. The molecule has 9 heteroatoms. The number of hydrogen-bond acceptors (Lipinski definition) is 5. The lowest BCUT2D eigenvalue weighted by Crippen LogP contribution is -2.50. The van der Waals surface area contributed by atoms with Gasteiger partial charge in [0.15, 0.2) is 5.69 Å². The Kier molecular flexibility index (Phi) is 7.22. The number of piperidine rings is 1. The van der Waals surface area contributed by atoms with Gasteiger partial charge in [-0.3, -0.25) is 19.1 Å². The number of fused-ring (bicyclic) bond motifs is 1. The summed E-state index contributed by atoms with van der Waals surface area (Å²) in [6, 6.07) is 6.51. The molecule has 2 fully saturated rings. The molecule has 0 bridgehead atoms. The third-order valence-corrected chi connectivity index (χ3v) is 8.23. The Morgan fingerprint density at radius 3 is 2.41 bits per heavy atom. The summed E-state index contributed by atoms with van der Waals surface area (Å²) in [6.07, 6.45) is 4.18. The number of benzene rings is 1. The number of nitrogens with zero attached hydrogens (tertiary/aromatic N) is 5. The smallest absolute Gasteiger partial charge is 0.274 e. The molecule has 0 atom stereocenters. The summed E-state index contributed by atoms with van der Waals surface area (Å²) in [5.74, 6) is -0.0154. The van der Waals surface area contributed by atoms with Gasteiger partial charge >= 0.3 is 0 Å². The number of hydrogen-bond donors (Lipinski definition) is 1. The number of rotatable bonds is 5. The highest BCUT2D eigenvalue weighted by molar-refractivity contribution is 5.94. The van der Waals surface area contributed by atoms with Gasteiger partial charge in [-0.05, 0) is 63.1 Å². The van der Waals surface area contributed by atoms with Crippen LogP contribution in [0.15, 0.2) is 18.2 Å². The number of likely N-dealkylation sites (tertiary alicyclic amines) is 1. The minimum Gasteiger partial charge on any atom is -0.368 e. The molecular formula is C28H38N6O3. The molecule has 198 valence electrons. The number of anilines is 1. The Hall–Kier alpha value is -3.36. The number of aromatic nitrogens is 2. The Labute approximate surface area is 218 Å². The fraction of sp³-hybridized carbons (Fsp3) is 0.571. The van der Waals surface area contributed by atoms with Gasteiger partial charge in [0.1, 0.15) is 6.54 Å². The highest BCUT2D eigenvalue weighted by Crippen LogP contribution is 2.28. The molecule has 0 spiro atoms. The molecule has 1 aromatic carbocycles. The van der Waals surface area contributed by atoms with Gasteiger partial charge in [0.25, 0.3) is 5.91 Å². The molecule has 1 aliphatic carbocycles. The van der Waals surface area contributed by atoms with Crippen molar-refractivity contribution in [3.8, 4) is 0 Å². The van der Waals surface area contributed by atoms with Gasteiger partial charge in [-0.1, -0.05) is 12.1 Å². The van der Waals surface area contributed by atoms with Crippen molar-refractivity contribution in [3.63, 3.8) is 0 Å². The maximum Gasteiger partial charge on any atom is 0.274 e. The molecular weight excluding hydrogens is 468 g/mol. The first-order valence-electron chi connectivity index (χ1n) is 13.6. The van der Waals surface area contributed by atoms with E-state index in [4.69, 9.17) is 5.10 Å². The van der Waals surface area contributed by atoms with E-state index >= 15 is 0 Å². The van der Waals surface area contributed by atoms with Crippen LogP contribution in [0.4, 0.5) is 5.69 Å². The fourth-order valence-electron chi connectivity index (χ4n) is 5.98. The molecule has 2 saturated heterocycles. The predicted molar refractivity (Wildman–Crippen MR) is 142 cm³/mol. The van der Waals surface area contributed by atoms with Crippen LogP contribution in [0.3, 0.4) is 0 Å². The van der Waals surface area contributed by atoms with Crippen molar-refractivity contribution in [2.24, 2.45) is 0 Å². The van der Waals surface area contributed by atoms with E-state index in [0.717, 1.165) is 56.5 Å². The fourth-order valence-corrected chi connectivity index (χ4v) is 5.98. The van der Waals surface area contributed by atoms with E-state index in [1.807, 2.05) is 9.80 Å². The van der Waals surface area contributed by atoms with E-state index in [9.17, 15) is 14.4 Å². The summed E-state index contributed by atoms with van der Waals surface area (Å²) < 4.78 is 1.79. The van der Waals surface area contributed by atoms with Gasteiger partial charge in [0.2, 0.25) is 11.8 Å². The van der Waals surface area contributed by atoms with Crippen LogP contribution >= 0.6 is 0 Å². The van der Waals surface area contributed by atoms with Crippen LogP contribution in [0.5, 0.6) is 0 Å². The maximum atomic E-state index is 13.4. The number of piperazine rings is 1. The molecule has 0 radical (unpaired) electrons. The minimum atomic E-state index is -0.0484. The van der Waals surface area contributed by atoms with Gasteiger partial charge in [-0.25, -0.2) is 0 Å². The summed E-state index contributed by atoms with van der Waals surface area (Å²) in [5.41, 5.74) is 6.40. The molecule has 37 heavy (non-hydrogen) atoms. The van der Waals surface area contributed by atoms with Crippen LogP contribution in [0.25, 0.3) is 0 Å². The number of carbonyl (C=O) groups is 3. The topological polar surface area (TPSA) is 90.8 Å². The van der Waals surface area contributed by atoms with E-state index in [0.29, 0.717) is 31.9 Å². The lowest BCUT2D eigenvalue weighted by molar-refractivity contribution is -0.132. The van der Waals surface area contributed by atoms with Crippen LogP contribution in [0.1, 0.15) is 59.1 Å². The maximum absolute atomic E-state index is 13.4. The van der Waals surface area contributed by atoms with E-state index < -0.39 is 0 Å². The van der Waals surface area contributed by atoms with Crippen molar-refractivity contribution >= 4 is 23.4 Å². The van der Waals surface area contributed by atoms with Gasteiger partial charge in [-0.2, -0.15) is 5.10 Å². The SMILES string of the molecule is CC(=O)NC1CCN(C(=O)c2nn(CC(=O)N3CCN(c4cccc(C)c4C)CC3)c3c2CCC3)CC1. The summed E-state index contributed by atoms with van der Waals surface area (Å²) in [4.78, 5) is 44.1. The summed E-state index contributed by atoms with van der Waals surface area (Å²) >= 11 is 0. The first-order chi connectivity index (χ1) is 17.8. The van der Waals surface area contributed by atoms with E-state index in [-0.39, 0.29) is 30.3 Å². The molecule has 3 heterocycles. The van der Waals surface area contributed by atoms with Gasteiger partial charge in [-0.15, -0.1) is 0 Å². The Morgan fingerprint density at radius 2 is 1.70 bits per heavy atom. The summed E-state index contributed by atoms with van der Waals surface area (Å²) in [6.45, 7) is 10.2. The van der Waals surface area contributed by atoms with Crippen molar-refractivity contribution in [2.75, 3.05) is 44.2 Å². The molecule has 5 rings (SSSR count). The third kappa shape index (κ3) is 5.22. The number of aryl methyl sites for hydroxylation is 1. The molecule has 2 aliphatic heterocycles. The van der Waals surface area contributed by atoms with Crippen molar-refractivity contribution in [2.45, 2.75) is 65.5 Å². The van der Waals surface area contributed by atoms with Crippen LogP contribution in [0.2, 0.25) is 0 Å². The number of carbonyl (C=O) groups excluding carboxylic acids is 3. The monoisotopic (exact) mass is 506 g/mol. The van der Waals surface area contributed by atoms with Crippen LogP contribution in [-0.2, 0) is 29.0 Å². The van der Waals surface area contributed by atoms with Crippen LogP contribution in [0, 0.1) is 13.8 Å². The van der Waals surface area contributed by atoms with Crippen LogP contribution in [-0.4, -0.2) is 82.6 Å². The highest BCUT2D eigenvalue weighted by atomic mass is 16.2. The minimum absolute atomic E-state index is 0.0299. The summed E-state index contributed by atoms with van der Waals surface area (Å²) in [5, 5.41) is 7.65. The zero-order chi connectivity index (χ0) is 26.1. The summed E-state index contributed by atoms with van der Waals surface area (Å²) in [7, 11) is 0. The second-order valence-electron chi connectivity index (χ2n) is 10.6. The molecule has 2 aromatic rings. The normalized spacial score (nSPS) is 18.2. The largest absolute Gasteiger partial charge is 0.368 e. The highest BCUT2D eigenvalue weighted by Gasteiger charge is 2.32. The first-order valence-corrected chi connectivity index (χ1v) is 13.6. The molecule has 0 unspecified atom stereocenters. The first kappa shape index (κ1) is 25.3. The average molecular weight is 507 g/mol. The van der Waals surface area contributed by atoms with E-state index in [1.165, 1.54) is 23.7 Å². The second kappa shape index (κ2) is 10.6. The second-order valence-corrected chi connectivity index (χ2v) is 10.6. The zero-order valence-electron chi connectivity index (χ0n) is 22.3. The zero-order valence-corrected chi connectivity index (χ0v) is 22.3. The van der Waals surface area contributed by atoms with Crippen molar-refractivity contribution < 1.29 is 14.4 Å². The molecule has 3 aliphatic rings. The molecule has 0 saturated carbocycles. The standard InChI is InChI=1S/C28H38N6O3/c1-19-6-4-8-24(20(19)2)31-14-16-32(17-15-31)26(36)18-34-25-9-5-7-23(25)27(30-34)28(37)33-12-10-22(11-13-33)29-21(3)35/h4,6,8,22H,5,7,9-18H2,1-3H3,(H,29,35). The van der Waals surface area contributed by atoms with E-state index in [2.05, 4.69) is 42.3 Å². The predicted octanol–water partition coefficient (Wildman–Crippen LogP) is 2.08. The lowest BCUT2D eigenvalue weighted by Gasteiger charge is -2.37.